The number of ether oxygens (including phenoxy) is 1. The smallest absolute Gasteiger partial charge is 0.151 e. The fraction of sp³-hybridized carbons (Fsp3) is 0.0345. The lowest BCUT2D eigenvalue weighted by molar-refractivity contribution is 0.475. The van der Waals surface area contributed by atoms with Crippen LogP contribution in [0.15, 0.2) is 97.3 Å². The molecule has 0 bridgehead atoms. The second-order valence-corrected chi connectivity index (χ2v) is 8.59. The summed E-state index contributed by atoms with van der Waals surface area (Å²) in [4.78, 5) is 8.75. The SMILES string of the molecule is CN1c2cc(-c3ccc4[nH]ccc4c3)ccc2Oc2ccc(-c3ccc4[nH]ccc4c3)cc21. The number of H-pyrrole nitrogens is 2. The van der Waals surface area contributed by atoms with Crippen LogP contribution in [0, 0.1) is 0 Å². The molecule has 2 N–H and O–H groups in total. The molecule has 33 heavy (non-hydrogen) atoms. The molecule has 0 unspecified atom stereocenters. The maximum Gasteiger partial charge on any atom is 0.151 e. The van der Waals surface area contributed by atoms with Crippen LogP contribution in [0.3, 0.4) is 0 Å². The molecule has 0 saturated heterocycles. The van der Waals surface area contributed by atoms with Crippen molar-refractivity contribution >= 4 is 33.2 Å². The molecule has 4 aromatic carbocycles. The zero-order valence-electron chi connectivity index (χ0n) is 18.1. The van der Waals surface area contributed by atoms with Crippen LogP contribution in [0.5, 0.6) is 11.5 Å². The van der Waals surface area contributed by atoms with E-state index in [0.717, 1.165) is 33.9 Å². The summed E-state index contributed by atoms with van der Waals surface area (Å²) in [6.07, 6.45) is 3.95. The van der Waals surface area contributed by atoms with Gasteiger partial charge in [-0.15, -0.1) is 0 Å². The van der Waals surface area contributed by atoms with Crippen molar-refractivity contribution in [1.82, 2.24) is 9.97 Å². The minimum absolute atomic E-state index is 0.873. The first-order chi connectivity index (χ1) is 16.2. The minimum Gasteiger partial charge on any atom is -0.453 e. The van der Waals surface area contributed by atoms with Gasteiger partial charge in [-0.1, -0.05) is 24.3 Å². The van der Waals surface area contributed by atoms with Gasteiger partial charge in [0.1, 0.15) is 0 Å². The number of hydrogen-bond donors (Lipinski definition) is 2. The summed E-state index contributed by atoms with van der Waals surface area (Å²) in [7, 11) is 2.11. The van der Waals surface area contributed by atoms with Crippen molar-refractivity contribution in [3.8, 4) is 33.8 Å². The van der Waals surface area contributed by atoms with E-state index in [4.69, 9.17) is 4.74 Å². The summed E-state index contributed by atoms with van der Waals surface area (Å²) < 4.78 is 6.29. The van der Waals surface area contributed by atoms with Gasteiger partial charge in [-0.3, -0.25) is 0 Å². The molecule has 3 heterocycles. The highest BCUT2D eigenvalue weighted by Crippen LogP contribution is 2.48. The van der Waals surface area contributed by atoms with Crippen LogP contribution >= 0.6 is 0 Å². The molecule has 6 aromatic rings. The van der Waals surface area contributed by atoms with E-state index in [0.29, 0.717) is 0 Å². The van der Waals surface area contributed by atoms with Gasteiger partial charge in [0.05, 0.1) is 11.4 Å². The zero-order chi connectivity index (χ0) is 21.9. The first-order valence-electron chi connectivity index (χ1n) is 11.1. The monoisotopic (exact) mass is 427 g/mol. The summed E-state index contributed by atoms with van der Waals surface area (Å²) in [5.74, 6) is 1.75. The molecule has 0 spiro atoms. The number of rotatable bonds is 2. The highest BCUT2D eigenvalue weighted by Gasteiger charge is 2.23. The van der Waals surface area contributed by atoms with Crippen LogP contribution in [0.1, 0.15) is 0 Å². The highest BCUT2D eigenvalue weighted by molar-refractivity contribution is 5.89. The fourth-order valence-electron chi connectivity index (χ4n) is 4.80. The van der Waals surface area contributed by atoms with Gasteiger partial charge in [-0.2, -0.15) is 0 Å². The van der Waals surface area contributed by atoms with Gasteiger partial charge in [0.2, 0.25) is 0 Å². The molecule has 158 valence electrons. The third-order valence-corrected chi connectivity index (χ3v) is 6.63. The van der Waals surface area contributed by atoms with E-state index in [2.05, 4.69) is 107 Å². The third kappa shape index (κ3) is 2.84. The molecule has 4 nitrogen and oxygen atoms in total. The number of fused-ring (bicyclic) bond motifs is 4. The lowest BCUT2D eigenvalue weighted by Gasteiger charge is -2.30. The van der Waals surface area contributed by atoms with Crippen LogP contribution in [0.4, 0.5) is 11.4 Å². The Hall–Kier alpha value is -4.44. The van der Waals surface area contributed by atoms with Gasteiger partial charge in [0.15, 0.2) is 11.5 Å². The molecular weight excluding hydrogens is 406 g/mol. The van der Waals surface area contributed by atoms with E-state index in [9.17, 15) is 0 Å². The number of aromatic nitrogens is 2. The Bertz CT molecular complexity index is 1550. The van der Waals surface area contributed by atoms with E-state index in [1.54, 1.807) is 0 Å². The molecular formula is C29H21N3O. The Morgan fingerprint density at radius 1 is 0.545 bits per heavy atom. The van der Waals surface area contributed by atoms with Crippen molar-refractivity contribution in [2.45, 2.75) is 0 Å². The third-order valence-electron chi connectivity index (χ3n) is 6.63. The summed E-state index contributed by atoms with van der Waals surface area (Å²) in [6, 6.07) is 30.1. The van der Waals surface area contributed by atoms with Crippen molar-refractivity contribution in [1.29, 1.82) is 0 Å². The largest absolute Gasteiger partial charge is 0.453 e. The van der Waals surface area contributed by atoms with Crippen molar-refractivity contribution in [2.24, 2.45) is 0 Å². The van der Waals surface area contributed by atoms with Crippen LogP contribution in [-0.2, 0) is 0 Å². The van der Waals surface area contributed by atoms with Crippen molar-refractivity contribution in [3.05, 3.63) is 97.3 Å². The van der Waals surface area contributed by atoms with Gasteiger partial charge < -0.3 is 19.6 Å². The van der Waals surface area contributed by atoms with E-state index >= 15 is 0 Å². The van der Waals surface area contributed by atoms with Crippen LogP contribution in [0.25, 0.3) is 44.1 Å². The maximum atomic E-state index is 6.29. The van der Waals surface area contributed by atoms with Gasteiger partial charge >= 0.3 is 0 Å². The molecule has 2 aromatic heterocycles. The number of hydrogen-bond acceptors (Lipinski definition) is 2. The van der Waals surface area contributed by atoms with Crippen LogP contribution in [-0.4, -0.2) is 17.0 Å². The Kier molecular flexibility index (Phi) is 3.73. The number of benzene rings is 4. The molecule has 0 amide bonds. The quantitative estimate of drug-likeness (QED) is 0.295. The van der Waals surface area contributed by atoms with Gasteiger partial charge in [-0.25, -0.2) is 0 Å². The van der Waals surface area contributed by atoms with Crippen LogP contribution < -0.4 is 9.64 Å². The summed E-state index contributed by atoms with van der Waals surface area (Å²) in [5.41, 5.74) is 9.15. The molecule has 0 radical (unpaired) electrons. The Morgan fingerprint density at radius 3 is 1.52 bits per heavy atom. The van der Waals surface area contributed by atoms with E-state index in [1.165, 1.54) is 33.0 Å². The molecule has 0 atom stereocenters. The Morgan fingerprint density at radius 2 is 1.00 bits per heavy atom. The predicted octanol–water partition coefficient (Wildman–Crippen LogP) is 7.86. The maximum absolute atomic E-state index is 6.29. The minimum atomic E-state index is 0.873. The molecule has 0 fully saturated rings. The lowest BCUT2D eigenvalue weighted by atomic mass is 10.0. The highest BCUT2D eigenvalue weighted by atomic mass is 16.5. The van der Waals surface area contributed by atoms with E-state index in [-0.39, 0.29) is 0 Å². The molecule has 7 rings (SSSR count). The number of aromatic amines is 2. The van der Waals surface area contributed by atoms with E-state index < -0.39 is 0 Å². The molecule has 1 aliphatic heterocycles. The van der Waals surface area contributed by atoms with Crippen molar-refractivity contribution in [2.75, 3.05) is 11.9 Å². The van der Waals surface area contributed by atoms with Gasteiger partial charge in [0, 0.05) is 30.5 Å². The summed E-state index contributed by atoms with van der Waals surface area (Å²) >= 11 is 0. The second-order valence-electron chi connectivity index (χ2n) is 8.59. The van der Waals surface area contributed by atoms with Gasteiger partial charge in [-0.05, 0) is 93.7 Å². The number of nitrogens with one attached hydrogen (secondary N) is 2. The first-order valence-corrected chi connectivity index (χ1v) is 11.1. The number of anilines is 2. The van der Waals surface area contributed by atoms with Crippen molar-refractivity contribution < 1.29 is 4.74 Å². The van der Waals surface area contributed by atoms with Crippen LogP contribution in [0.2, 0.25) is 0 Å². The normalized spacial score (nSPS) is 12.6. The molecule has 0 aliphatic carbocycles. The average molecular weight is 428 g/mol. The Balaban J connectivity index is 1.29. The van der Waals surface area contributed by atoms with Gasteiger partial charge in [0.25, 0.3) is 0 Å². The predicted molar refractivity (Wildman–Crippen MR) is 136 cm³/mol. The summed E-state index contributed by atoms with van der Waals surface area (Å²) in [5, 5.41) is 2.42. The average Bonchev–Trinajstić information content (AvgIpc) is 3.52. The van der Waals surface area contributed by atoms with Crippen molar-refractivity contribution in [3.63, 3.8) is 0 Å². The fourth-order valence-corrected chi connectivity index (χ4v) is 4.80. The number of nitrogens with zero attached hydrogens (tertiary/aromatic N) is 1. The second kappa shape index (κ2) is 6.78. The standard InChI is InChI=1S/C29H21N3O/c1-32-26-16-20(18-2-6-24-22(14-18)10-12-30-24)4-8-28(26)33-29-9-5-21(17-27(29)32)19-3-7-25-23(15-19)11-13-31-25/h2-17,30-31H,1H3. The molecule has 1 aliphatic rings. The summed E-state index contributed by atoms with van der Waals surface area (Å²) in [6.45, 7) is 0. The molecule has 4 heteroatoms. The zero-order valence-corrected chi connectivity index (χ0v) is 18.1. The Labute approximate surface area is 191 Å². The molecule has 0 saturated carbocycles. The van der Waals surface area contributed by atoms with E-state index in [1.807, 2.05) is 12.4 Å². The first kappa shape index (κ1) is 18.2. The topological polar surface area (TPSA) is 44.0 Å². The lowest BCUT2D eigenvalue weighted by Crippen LogP contribution is -2.15.